The number of nitrogens with one attached hydrogen (secondary N) is 1. The maximum absolute atomic E-state index is 12.3. The average Bonchev–Trinajstić information content (AvgIpc) is 2.87. The van der Waals surface area contributed by atoms with E-state index in [2.05, 4.69) is 5.32 Å². The molecule has 3 nitrogen and oxygen atoms in total. The fraction of sp³-hybridized carbons (Fsp3) is 0.105. The molecule has 110 valence electrons. The maximum atomic E-state index is 12.3. The molecule has 0 saturated carbocycles. The van der Waals surface area contributed by atoms with Crippen LogP contribution in [0, 0.1) is 13.8 Å². The number of furan rings is 1. The fourth-order valence-electron chi connectivity index (χ4n) is 2.46. The number of hydrogen-bond acceptors (Lipinski definition) is 2. The Morgan fingerprint density at radius 1 is 0.909 bits per heavy atom. The van der Waals surface area contributed by atoms with Crippen molar-refractivity contribution in [1.82, 2.24) is 0 Å². The van der Waals surface area contributed by atoms with Crippen LogP contribution in [0.3, 0.4) is 0 Å². The van der Waals surface area contributed by atoms with E-state index in [1.165, 1.54) is 0 Å². The van der Waals surface area contributed by atoms with E-state index in [0.29, 0.717) is 11.3 Å². The minimum Gasteiger partial charge on any atom is -0.466 e. The molecular weight excluding hydrogens is 274 g/mol. The lowest BCUT2D eigenvalue weighted by atomic mass is 10.1. The van der Waals surface area contributed by atoms with E-state index >= 15 is 0 Å². The van der Waals surface area contributed by atoms with Crippen molar-refractivity contribution < 1.29 is 9.21 Å². The minimum atomic E-state index is -0.153. The molecular formula is C19H17NO2. The van der Waals surface area contributed by atoms with E-state index in [1.54, 1.807) is 13.0 Å². The molecule has 1 aromatic heterocycles. The first-order chi connectivity index (χ1) is 10.6. The van der Waals surface area contributed by atoms with E-state index in [1.807, 2.05) is 61.5 Å². The summed E-state index contributed by atoms with van der Waals surface area (Å²) in [5.41, 5.74) is 3.53. The molecule has 3 rings (SSSR count). The van der Waals surface area contributed by atoms with E-state index < -0.39 is 0 Å². The smallest absolute Gasteiger partial charge is 0.259 e. The molecule has 0 radical (unpaired) electrons. The molecule has 0 spiro atoms. The zero-order chi connectivity index (χ0) is 15.5. The minimum absolute atomic E-state index is 0.153. The van der Waals surface area contributed by atoms with Crippen LogP contribution in [-0.2, 0) is 0 Å². The van der Waals surface area contributed by atoms with E-state index in [9.17, 15) is 4.79 Å². The van der Waals surface area contributed by atoms with Gasteiger partial charge in [0, 0.05) is 5.69 Å². The molecule has 0 fully saturated rings. The lowest BCUT2D eigenvalue weighted by Crippen LogP contribution is -2.12. The van der Waals surface area contributed by atoms with Crippen LogP contribution >= 0.6 is 0 Å². The second-order valence-corrected chi connectivity index (χ2v) is 5.23. The van der Waals surface area contributed by atoms with Gasteiger partial charge in [-0.3, -0.25) is 4.79 Å². The van der Waals surface area contributed by atoms with Gasteiger partial charge in [0.05, 0.1) is 5.56 Å². The summed E-state index contributed by atoms with van der Waals surface area (Å²) < 4.78 is 5.41. The summed E-state index contributed by atoms with van der Waals surface area (Å²) in [4.78, 5) is 12.3. The third-order valence-corrected chi connectivity index (χ3v) is 3.51. The van der Waals surface area contributed by atoms with Crippen LogP contribution in [0.25, 0.3) is 11.1 Å². The van der Waals surface area contributed by atoms with Gasteiger partial charge in [0.25, 0.3) is 5.91 Å². The second kappa shape index (κ2) is 5.90. The normalized spacial score (nSPS) is 10.5. The maximum Gasteiger partial charge on any atom is 0.259 e. The Morgan fingerprint density at radius 2 is 1.64 bits per heavy atom. The van der Waals surface area contributed by atoms with Gasteiger partial charge in [-0.1, -0.05) is 42.5 Å². The summed E-state index contributed by atoms with van der Waals surface area (Å²) >= 11 is 0. The van der Waals surface area contributed by atoms with Crippen LogP contribution < -0.4 is 5.32 Å². The summed E-state index contributed by atoms with van der Waals surface area (Å²) in [5.74, 6) is 1.22. The monoisotopic (exact) mass is 291 g/mol. The lowest BCUT2D eigenvalue weighted by Gasteiger charge is -2.07. The molecule has 0 atom stereocenters. The zero-order valence-corrected chi connectivity index (χ0v) is 12.6. The molecule has 0 saturated heterocycles. The highest BCUT2D eigenvalue weighted by Crippen LogP contribution is 2.23. The van der Waals surface area contributed by atoms with Crippen molar-refractivity contribution >= 4 is 11.6 Å². The Bertz CT molecular complexity index is 803. The average molecular weight is 291 g/mol. The van der Waals surface area contributed by atoms with Crippen LogP contribution in [0.15, 0.2) is 65.1 Å². The van der Waals surface area contributed by atoms with Gasteiger partial charge in [-0.05, 0) is 43.2 Å². The first-order valence-electron chi connectivity index (χ1n) is 7.17. The number of hydrogen-bond donors (Lipinski definition) is 1. The van der Waals surface area contributed by atoms with Gasteiger partial charge < -0.3 is 9.73 Å². The van der Waals surface area contributed by atoms with Gasteiger partial charge in [0.15, 0.2) is 0 Å². The number of carbonyl (C=O) groups is 1. The van der Waals surface area contributed by atoms with Gasteiger partial charge in [-0.25, -0.2) is 0 Å². The topological polar surface area (TPSA) is 42.2 Å². The van der Waals surface area contributed by atoms with Crippen molar-refractivity contribution in [1.29, 1.82) is 0 Å². The van der Waals surface area contributed by atoms with Crippen molar-refractivity contribution in [3.8, 4) is 11.1 Å². The summed E-state index contributed by atoms with van der Waals surface area (Å²) in [7, 11) is 0. The second-order valence-electron chi connectivity index (χ2n) is 5.23. The number of amides is 1. The summed E-state index contributed by atoms with van der Waals surface area (Å²) in [6, 6.07) is 19.6. The Kier molecular flexibility index (Phi) is 3.79. The van der Waals surface area contributed by atoms with Crippen LogP contribution in [0.2, 0.25) is 0 Å². The number of aryl methyl sites for hydroxylation is 2. The Morgan fingerprint density at radius 3 is 2.32 bits per heavy atom. The summed E-state index contributed by atoms with van der Waals surface area (Å²) in [6.45, 7) is 3.63. The fourth-order valence-corrected chi connectivity index (χ4v) is 2.46. The van der Waals surface area contributed by atoms with E-state index in [-0.39, 0.29) is 5.91 Å². The lowest BCUT2D eigenvalue weighted by molar-refractivity contribution is 0.102. The van der Waals surface area contributed by atoms with Gasteiger partial charge in [0.1, 0.15) is 11.5 Å². The molecule has 1 heterocycles. The number of benzene rings is 2. The Labute approximate surface area is 129 Å². The molecule has 22 heavy (non-hydrogen) atoms. The highest BCUT2D eigenvalue weighted by molar-refractivity contribution is 6.05. The molecule has 0 aliphatic rings. The first-order valence-corrected chi connectivity index (χ1v) is 7.17. The quantitative estimate of drug-likeness (QED) is 0.752. The molecule has 3 heteroatoms. The van der Waals surface area contributed by atoms with Crippen molar-refractivity contribution in [3.63, 3.8) is 0 Å². The van der Waals surface area contributed by atoms with Gasteiger partial charge in [-0.15, -0.1) is 0 Å². The number of carbonyl (C=O) groups excluding carboxylic acids is 1. The van der Waals surface area contributed by atoms with Crippen LogP contribution in [0.1, 0.15) is 21.9 Å². The zero-order valence-electron chi connectivity index (χ0n) is 12.6. The van der Waals surface area contributed by atoms with Crippen LogP contribution in [0.5, 0.6) is 0 Å². The molecule has 0 aliphatic carbocycles. The molecule has 2 aromatic carbocycles. The summed E-state index contributed by atoms with van der Waals surface area (Å²) in [5, 5.41) is 2.92. The predicted octanol–water partition coefficient (Wildman–Crippen LogP) is 4.82. The highest BCUT2D eigenvalue weighted by atomic mass is 16.3. The first kappa shape index (κ1) is 14.1. The van der Waals surface area contributed by atoms with Gasteiger partial charge in [0.2, 0.25) is 0 Å². The van der Waals surface area contributed by atoms with Gasteiger partial charge >= 0.3 is 0 Å². The highest BCUT2D eigenvalue weighted by Gasteiger charge is 2.13. The largest absolute Gasteiger partial charge is 0.466 e. The van der Waals surface area contributed by atoms with Crippen LogP contribution in [-0.4, -0.2) is 5.91 Å². The third kappa shape index (κ3) is 2.93. The predicted molar refractivity (Wildman–Crippen MR) is 88.0 cm³/mol. The SMILES string of the molecule is Cc1cc(C(=O)Nc2cccc(-c3ccccc3)c2)c(C)o1. The number of rotatable bonds is 3. The molecule has 1 N–H and O–H groups in total. The van der Waals surface area contributed by atoms with E-state index in [0.717, 1.165) is 22.6 Å². The standard InChI is InChI=1S/C19H17NO2/c1-13-11-18(14(2)22-13)19(21)20-17-10-6-9-16(12-17)15-7-4-3-5-8-15/h3-12H,1-2H3,(H,20,21). The molecule has 0 unspecified atom stereocenters. The van der Waals surface area contributed by atoms with Crippen molar-refractivity contribution in [2.45, 2.75) is 13.8 Å². The van der Waals surface area contributed by atoms with E-state index in [4.69, 9.17) is 4.42 Å². The van der Waals surface area contributed by atoms with Crippen molar-refractivity contribution in [2.24, 2.45) is 0 Å². The molecule has 3 aromatic rings. The molecule has 0 aliphatic heterocycles. The van der Waals surface area contributed by atoms with Crippen molar-refractivity contribution in [2.75, 3.05) is 5.32 Å². The molecule has 0 bridgehead atoms. The van der Waals surface area contributed by atoms with Gasteiger partial charge in [-0.2, -0.15) is 0 Å². The number of anilines is 1. The molecule has 1 amide bonds. The Balaban J connectivity index is 1.84. The van der Waals surface area contributed by atoms with Crippen molar-refractivity contribution in [3.05, 3.63) is 77.7 Å². The Hall–Kier alpha value is -2.81. The van der Waals surface area contributed by atoms with Crippen LogP contribution in [0.4, 0.5) is 5.69 Å². The third-order valence-electron chi connectivity index (χ3n) is 3.51. The summed E-state index contributed by atoms with van der Waals surface area (Å²) in [6.07, 6.45) is 0.